The van der Waals surface area contributed by atoms with Gasteiger partial charge >= 0.3 is 0 Å². The van der Waals surface area contributed by atoms with E-state index in [1.807, 2.05) is 0 Å². The predicted octanol–water partition coefficient (Wildman–Crippen LogP) is 2.09. The van der Waals surface area contributed by atoms with Crippen LogP contribution in [0.25, 0.3) is 0 Å². The van der Waals surface area contributed by atoms with Crippen LogP contribution in [0.5, 0.6) is 0 Å². The van der Waals surface area contributed by atoms with Gasteiger partial charge in [-0.25, -0.2) is 8.78 Å². The maximum atomic E-state index is 13.3. The summed E-state index contributed by atoms with van der Waals surface area (Å²) in [6.07, 6.45) is 0.505. The molecule has 17 heavy (non-hydrogen) atoms. The molecule has 96 valence electrons. The minimum absolute atomic E-state index is 0.425. The van der Waals surface area contributed by atoms with Crippen LogP contribution in [0.3, 0.4) is 0 Å². The third kappa shape index (κ3) is 5.24. The van der Waals surface area contributed by atoms with E-state index < -0.39 is 11.6 Å². The van der Waals surface area contributed by atoms with E-state index in [0.29, 0.717) is 24.6 Å². The summed E-state index contributed by atoms with van der Waals surface area (Å²) < 4.78 is 26.2. The minimum atomic E-state index is -0.774. The molecule has 0 unspecified atom stereocenters. The fraction of sp³-hybridized carbons (Fsp3) is 0.538. The first-order valence-corrected chi connectivity index (χ1v) is 5.98. The molecule has 0 fully saturated rings. The van der Waals surface area contributed by atoms with Crippen molar-refractivity contribution in [3.8, 4) is 0 Å². The first kappa shape index (κ1) is 14.1. The average molecular weight is 242 g/mol. The Balaban J connectivity index is 2.20. The van der Waals surface area contributed by atoms with Crippen LogP contribution in [0, 0.1) is 11.6 Å². The van der Waals surface area contributed by atoms with Crippen molar-refractivity contribution in [2.45, 2.75) is 26.3 Å². The zero-order valence-corrected chi connectivity index (χ0v) is 10.4. The van der Waals surface area contributed by atoms with Crippen molar-refractivity contribution < 1.29 is 8.78 Å². The molecule has 0 bridgehead atoms. The molecule has 0 aliphatic heterocycles. The first-order valence-electron chi connectivity index (χ1n) is 5.98. The van der Waals surface area contributed by atoms with E-state index >= 15 is 0 Å². The van der Waals surface area contributed by atoms with Crippen LogP contribution in [0.4, 0.5) is 8.78 Å². The van der Waals surface area contributed by atoms with Gasteiger partial charge in [-0.05, 0) is 24.6 Å². The lowest BCUT2D eigenvalue weighted by Crippen LogP contribution is -2.32. The molecule has 0 saturated carbocycles. The molecule has 0 spiro atoms. The van der Waals surface area contributed by atoms with Gasteiger partial charge in [-0.2, -0.15) is 0 Å². The second kappa shape index (κ2) is 7.35. The zero-order chi connectivity index (χ0) is 12.7. The van der Waals surface area contributed by atoms with Gasteiger partial charge < -0.3 is 10.6 Å². The lowest BCUT2D eigenvalue weighted by Gasteiger charge is -2.09. The van der Waals surface area contributed by atoms with E-state index in [4.69, 9.17) is 0 Å². The highest BCUT2D eigenvalue weighted by atomic mass is 19.2. The van der Waals surface area contributed by atoms with Crippen LogP contribution in [-0.4, -0.2) is 25.7 Å². The molecule has 0 aliphatic rings. The summed E-state index contributed by atoms with van der Waals surface area (Å²) in [7, 11) is 0. The summed E-state index contributed by atoms with van der Waals surface area (Å²) in [6.45, 7) is 6.53. The maximum Gasteiger partial charge on any atom is 0.162 e. The fourth-order valence-electron chi connectivity index (χ4n) is 1.54. The Morgan fingerprint density at radius 2 is 1.88 bits per heavy atom. The molecule has 0 heterocycles. The Hall–Kier alpha value is -1.00. The number of rotatable bonds is 7. The van der Waals surface area contributed by atoms with E-state index in [9.17, 15) is 8.78 Å². The topological polar surface area (TPSA) is 24.1 Å². The van der Waals surface area contributed by atoms with Crippen molar-refractivity contribution in [2.75, 3.05) is 19.6 Å². The molecule has 2 nitrogen and oxygen atoms in total. The Bertz CT molecular complexity index is 340. The van der Waals surface area contributed by atoms with Crippen molar-refractivity contribution in [1.82, 2.24) is 10.6 Å². The molecule has 0 saturated heterocycles. The van der Waals surface area contributed by atoms with E-state index in [-0.39, 0.29) is 0 Å². The van der Waals surface area contributed by atoms with Crippen molar-refractivity contribution >= 4 is 0 Å². The molecular weight excluding hydrogens is 222 g/mol. The number of benzene rings is 1. The van der Waals surface area contributed by atoms with Gasteiger partial charge in [0.15, 0.2) is 11.6 Å². The van der Waals surface area contributed by atoms with Crippen LogP contribution in [0.1, 0.15) is 19.4 Å². The summed E-state index contributed by atoms with van der Waals surface area (Å²) in [6, 6.07) is 4.76. The van der Waals surface area contributed by atoms with Crippen LogP contribution in [-0.2, 0) is 6.42 Å². The summed E-state index contributed by atoms with van der Waals surface area (Å²) in [4.78, 5) is 0. The molecule has 0 aromatic heterocycles. The Kier molecular flexibility index (Phi) is 6.08. The zero-order valence-electron chi connectivity index (χ0n) is 10.4. The van der Waals surface area contributed by atoms with Gasteiger partial charge in [0, 0.05) is 19.1 Å². The second-order valence-corrected chi connectivity index (χ2v) is 4.32. The monoisotopic (exact) mass is 242 g/mol. The number of halogens is 2. The molecule has 4 heteroatoms. The van der Waals surface area contributed by atoms with Crippen molar-refractivity contribution in [3.05, 3.63) is 35.4 Å². The van der Waals surface area contributed by atoms with Gasteiger partial charge in [0.2, 0.25) is 0 Å². The van der Waals surface area contributed by atoms with Gasteiger partial charge in [0.05, 0.1) is 0 Å². The number of hydrogen-bond donors (Lipinski definition) is 2. The first-order chi connectivity index (χ1) is 8.11. The third-order valence-electron chi connectivity index (χ3n) is 2.46. The van der Waals surface area contributed by atoms with Crippen LogP contribution < -0.4 is 10.6 Å². The third-order valence-corrected chi connectivity index (χ3v) is 2.46. The van der Waals surface area contributed by atoms with Crippen molar-refractivity contribution in [1.29, 1.82) is 0 Å². The van der Waals surface area contributed by atoms with Crippen molar-refractivity contribution in [2.24, 2.45) is 0 Å². The summed E-state index contributed by atoms with van der Waals surface area (Å²) in [5.41, 5.74) is 0.425. The predicted molar refractivity (Wildman–Crippen MR) is 66.1 cm³/mol. The van der Waals surface area contributed by atoms with Gasteiger partial charge in [0.25, 0.3) is 0 Å². The van der Waals surface area contributed by atoms with Gasteiger partial charge in [0.1, 0.15) is 0 Å². The largest absolute Gasteiger partial charge is 0.315 e. The molecule has 0 aliphatic carbocycles. The quantitative estimate of drug-likeness (QED) is 0.715. The van der Waals surface area contributed by atoms with Crippen LogP contribution >= 0.6 is 0 Å². The molecular formula is C13H20F2N2. The highest BCUT2D eigenvalue weighted by Crippen LogP contribution is 2.11. The van der Waals surface area contributed by atoms with Gasteiger partial charge in [-0.15, -0.1) is 0 Å². The Labute approximate surface area is 101 Å². The molecule has 0 radical (unpaired) electrons. The molecule has 2 N–H and O–H groups in total. The highest BCUT2D eigenvalue weighted by Gasteiger charge is 2.06. The summed E-state index contributed by atoms with van der Waals surface area (Å²) >= 11 is 0. The maximum absolute atomic E-state index is 13.3. The Morgan fingerprint density at radius 1 is 1.12 bits per heavy atom. The van der Waals surface area contributed by atoms with Crippen LogP contribution in [0.15, 0.2) is 18.2 Å². The normalized spacial score (nSPS) is 11.1. The lowest BCUT2D eigenvalue weighted by atomic mass is 10.1. The minimum Gasteiger partial charge on any atom is -0.315 e. The van der Waals surface area contributed by atoms with E-state index in [0.717, 1.165) is 19.2 Å². The summed E-state index contributed by atoms with van der Waals surface area (Å²) in [5, 5.41) is 6.45. The molecule has 1 aromatic rings. The fourth-order valence-corrected chi connectivity index (χ4v) is 1.54. The van der Waals surface area contributed by atoms with Gasteiger partial charge in [-0.1, -0.05) is 26.0 Å². The highest BCUT2D eigenvalue weighted by molar-refractivity contribution is 5.19. The van der Waals surface area contributed by atoms with Crippen LogP contribution in [0.2, 0.25) is 0 Å². The van der Waals surface area contributed by atoms with Crippen molar-refractivity contribution in [3.63, 3.8) is 0 Å². The Morgan fingerprint density at radius 3 is 2.59 bits per heavy atom. The second-order valence-electron chi connectivity index (χ2n) is 4.32. The summed E-state index contributed by atoms with van der Waals surface area (Å²) in [5.74, 6) is -1.50. The van der Waals surface area contributed by atoms with Gasteiger partial charge in [-0.3, -0.25) is 0 Å². The standard InChI is InChI=1S/C13H20F2N2/c1-10(2)17-9-8-16-7-6-11-4-3-5-12(14)13(11)15/h3-5,10,16-17H,6-9H2,1-2H3. The van der Waals surface area contributed by atoms with E-state index in [1.165, 1.54) is 6.07 Å². The molecule has 1 aromatic carbocycles. The van der Waals surface area contributed by atoms with E-state index in [2.05, 4.69) is 24.5 Å². The smallest absolute Gasteiger partial charge is 0.162 e. The molecule has 0 atom stereocenters. The number of hydrogen-bond acceptors (Lipinski definition) is 2. The SMILES string of the molecule is CC(C)NCCNCCc1cccc(F)c1F. The van der Waals surface area contributed by atoms with E-state index in [1.54, 1.807) is 6.07 Å². The number of nitrogens with one attached hydrogen (secondary N) is 2. The lowest BCUT2D eigenvalue weighted by molar-refractivity contribution is 0.495. The molecule has 1 rings (SSSR count). The average Bonchev–Trinajstić information content (AvgIpc) is 2.28. The molecule has 0 amide bonds.